The molecule has 2 unspecified atom stereocenters. The number of carboxylic acids is 2. The van der Waals surface area contributed by atoms with Gasteiger partial charge in [-0.2, -0.15) is 0 Å². The molecule has 0 aromatic carbocycles. The monoisotopic (exact) mass is 346 g/mol. The highest BCUT2D eigenvalue weighted by Gasteiger charge is 2.15. The Bertz CT molecular complexity index is 281. The van der Waals surface area contributed by atoms with Crippen molar-refractivity contribution >= 4 is 11.9 Å². The van der Waals surface area contributed by atoms with Crippen molar-refractivity contribution in [1.29, 1.82) is 0 Å². The van der Waals surface area contributed by atoms with Crippen LogP contribution < -0.4 is 11.5 Å². The number of nitrogens with two attached hydrogens (primary N) is 2. The summed E-state index contributed by atoms with van der Waals surface area (Å²) in [6, 6.07) is 0. The molecule has 0 bridgehead atoms. The fourth-order valence-electron chi connectivity index (χ4n) is 2.55. The van der Waals surface area contributed by atoms with Gasteiger partial charge in [0.2, 0.25) is 0 Å². The summed E-state index contributed by atoms with van der Waals surface area (Å²) in [6.45, 7) is 5.36. The maximum atomic E-state index is 10.7. The second kappa shape index (κ2) is 18.2. The van der Waals surface area contributed by atoms with Gasteiger partial charge in [-0.3, -0.25) is 9.59 Å². The molecule has 0 rings (SSSR count). The first-order chi connectivity index (χ1) is 11.4. The van der Waals surface area contributed by atoms with Crippen LogP contribution in [0.5, 0.6) is 0 Å². The highest BCUT2D eigenvalue weighted by Crippen LogP contribution is 2.15. The molecule has 0 saturated carbocycles. The van der Waals surface area contributed by atoms with E-state index >= 15 is 0 Å². The fourth-order valence-corrected chi connectivity index (χ4v) is 2.55. The quantitative estimate of drug-likeness (QED) is 0.358. The molecule has 6 nitrogen and oxygen atoms in total. The molecule has 0 aliphatic heterocycles. The standard InChI is InChI=1S/2C9H19NO2/c2*1-2-5-8(9(11)12)6-3-4-7-10/h2*8H,2-7,10H2,1H3,(H,11,12). The van der Waals surface area contributed by atoms with Crippen LogP contribution in [-0.2, 0) is 9.59 Å². The van der Waals surface area contributed by atoms with Crippen LogP contribution in [0.4, 0.5) is 0 Å². The van der Waals surface area contributed by atoms with Crippen LogP contribution >= 0.6 is 0 Å². The number of carbonyl (C=O) groups is 2. The summed E-state index contributed by atoms with van der Waals surface area (Å²) in [5.41, 5.74) is 10.6. The average molecular weight is 347 g/mol. The SMILES string of the molecule is CCCC(CCCCN)C(=O)O.CCCC(CCCCN)C(=O)O. The van der Waals surface area contributed by atoms with E-state index in [1.165, 1.54) is 0 Å². The Morgan fingerprint density at radius 2 is 1.04 bits per heavy atom. The summed E-state index contributed by atoms with van der Waals surface area (Å²) in [5, 5.41) is 17.5. The molecule has 2 atom stereocenters. The van der Waals surface area contributed by atoms with E-state index in [1.807, 2.05) is 13.8 Å². The van der Waals surface area contributed by atoms with Gasteiger partial charge in [0.05, 0.1) is 11.8 Å². The maximum absolute atomic E-state index is 10.7. The molecule has 0 fully saturated rings. The van der Waals surface area contributed by atoms with Crippen LogP contribution in [0.3, 0.4) is 0 Å². The van der Waals surface area contributed by atoms with Crippen molar-refractivity contribution in [1.82, 2.24) is 0 Å². The van der Waals surface area contributed by atoms with Gasteiger partial charge in [0.25, 0.3) is 0 Å². The number of hydrogen-bond acceptors (Lipinski definition) is 4. The molecule has 6 heteroatoms. The Labute approximate surface area is 147 Å². The van der Waals surface area contributed by atoms with Gasteiger partial charge in [-0.15, -0.1) is 0 Å². The Balaban J connectivity index is 0. The fraction of sp³-hybridized carbons (Fsp3) is 0.889. The molecule has 6 N–H and O–H groups in total. The molecule has 0 saturated heterocycles. The molecule has 0 spiro atoms. The lowest BCUT2D eigenvalue weighted by molar-refractivity contribution is -0.143. The Kier molecular flexibility index (Phi) is 19.0. The van der Waals surface area contributed by atoms with E-state index in [0.29, 0.717) is 13.1 Å². The van der Waals surface area contributed by atoms with Gasteiger partial charge in [-0.05, 0) is 51.6 Å². The maximum Gasteiger partial charge on any atom is 0.306 e. The summed E-state index contributed by atoms with van der Waals surface area (Å²) in [4.78, 5) is 21.3. The van der Waals surface area contributed by atoms with E-state index in [0.717, 1.165) is 64.2 Å². The minimum atomic E-state index is -0.658. The molecular formula is C18H38N2O4. The summed E-state index contributed by atoms with van der Waals surface area (Å²) in [6.07, 6.45) is 8.78. The van der Waals surface area contributed by atoms with Crippen molar-refractivity contribution < 1.29 is 19.8 Å². The average Bonchev–Trinajstić information content (AvgIpc) is 2.54. The smallest absolute Gasteiger partial charge is 0.306 e. The molecular weight excluding hydrogens is 308 g/mol. The predicted molar refractivity (Wildman–Crippen MR) is 97.9 cm³/mol. The van der Waals surface area contributed by atoms with Gasteiger partial charge in [-0.1, -0.05) is 39.5 Å². The number of carboxylic acid groups (broad SMARTS) is 2. The van der Waals surface area contributed by atoms with Crippen LogP contribution in [0, 0.1) is 11.8 Å². The summed E-state index contributed by atoms with van der Waals surface area (Å²) >= 11 is 0. The zero-order valence-electron chi connectivity index (χ0n) is 15.5. The van der Waals surface area contributed by atoms with Crippen molar-refractivity contribution in [2.24, 2.45) is 23.3 Å². The first kappa shape index (κ1) is 25.1. The second-order valence-electron chi connectivity index (χ2n) is 6.22. The van der Waals surface area contributed by atoms with Crippen LogP contribution in [0.15, 0.2) is 0 Å². The van der Waals surface area contributed by atoms with Crippen molar-refractivity contribution in [3.8, 4) is 0 Å². The van der Waals surface area contributed by atoms with Gasteiger partial charge in [0, 0.05) is 0 Å². The van der Waals surface area contributed by atoms with E-state index in [1.54, 1.807) is 0 Å². The van der Waals surface area contributed by atoms with Crippen molar-refractivity contribution in [3.05, 3.63) is 0 Å². The molecule has 0 aromatic rings. The number of rotatable bonds is 14. The Hall–Kier alpha value is -1.14. The summed E-state index contributed by atoms with van der Waals surface area (Å²) in [5.74, 6) is -1.62. The first-order valence-electron chi connectivity index (χ1n) is 9.30. The molecule has 24 heavy (non-hydrogen) atoms. The lowest BCUT2D eigenvalue weighted by atomic mass is 9.97. The number of hydrogen-bond donors (Lipinski definition) is 4. The van der Waals surface area contributed by atoms with E-state index < -0.39 is 11.9 Å². The normalized spacial score (nSPS) is 12.8. The number of unbranched alkanes of at least 4 members (excludes halogenated alkanes) is 2. The molecule has 0 aromatic heterocycles. The van der Waals surface area contributed by atoms with Crippen LogP contribution in [0.2, 0.25) is 0 Å². The zero-order chi connectivity index (χ0) is 18.8. The van der Waals surface area contributed by atoms with Crippen molar-refractivity contribution in [3.63, 3.8) is 0 Å². The van der Waals surface area contributed by atoms with Gasteiger partial charge < -0.3 is 21.7 Å². The molecule has 0 aliphatic rings. The molecule has 0 radical (unpaired) electrons. The highest BCUT2D eigenvalue weighted by molar-refractivity contribution is 5.70. The van der Waals surface area contributed by atoms with Gasteiger partial charge in [-0.25, -0.2) is 0 Å². The third-order valence-corrected chi connectivity index (χ3v) is 3.99. The van der Waals surface area contributed by atoms with Gasteiger partial charge in [0.15, 0.2) is 0 Å². The summed E-state index contributed by atoms with van der Waals surface area (Å²) < 4.78 is 0. The Morgan fingerprint density at radius 1 is 0.708 bits per heavy atom. The zero-order valence-corrected chi connectivity index (χ0v) is 15.5. The first-order valence-corrected chi connectivity index (χ1v) is 9.30. The molecule has 0 aliphatic carbocycles. The van der Waals surface area contributed by atoms with E-state index in [4.69, 9.17) is 21.7 Å². The van der Waals surface area contributed by atoms with Crippen LogP contribution in [-0.4, -0.2) is 35.2 Å². The predicted octanol–water partition coefficient (Wildman–Crippen LogP) is 3.23. The summed E-state index contributed by atoms with van der Waals surface area (Å²) in [7, 11) is 0. The number of aliphatic carboxylic acids is 2. The highest BCUT2D eigenvalue weighted by atomic mass is 16.4. The van der Waals surface area contributed by atoms with E-state index in [2.05, 4.69) is 0 Å². The third-order valence-electron chi connectivity index (χ3n) is 3.99. The minimum Gasteiger partial charge on any atom is -0.481 e. The molecule has 144 valence electrons. The third kappa shape index (κ3) is 15.7. The molecule has 0 heterocycles. The topological polar surface area (TPSA) is 127 Å². The van der Waals surface area contributed by atoms with E-state index in [-0.39, 0.29) is 11.8 Å². The van der Waals surface area contributed by atoms with Crippen molar-refractivity contribution in [2.75, 3.05) is 13.1 Å². The Morgan fingerprint density at radius 3 is 1.25 bits per heavy atom. The van der Waals surface area contributed by atoms with Gasteiger partial charge in [0.1, 0.15) is 0 Å². The minimum absolute atomic E-state index is 0.151. The molecule has 0 amide bonds. The van der Waals surface area contributed by atoms with E-state index in [9.17, 15) is 9.59 Å². The second-order valence-corrected chi connectivity index (χ2v) is 6.22. The van der Waals surface area contributed by atoms with Crippen LogP contribution in [0.1, 0.15) is 78.1 Å². The lowest BCUT2D eigenvalue weighted by Crippen LogP contribution is -2.13. The van der Waals surface area contributed by atoms with Crippen LogP contribution in [0.25, 0.3) is 0 Å². The lowest BCUT2D eigenvalue weighted by Gasteiger charge is -2.09. The largest absolute Gasteiger partial charge is 0.481 e. The van der Waals surface area contributed by atoms with Gasteiger partial charge >= 0.3 is 11.9 Å². The van der Waals surface area contributed by atoms with Crippen molar-refractivity contribution in [2.45, 2.75) is 78.1 Å².